The standard InChI is InChI=1S/C29H38N2O5/c1-7-35-24-12-9-8-11-22(24)26-25(28(33)29(34)31(26)16-10-15-30(5)6)27(32)21-13-14-23(20(4)17-21)36-18-19(2)3/h8-9,11-14,17,19,26,32H,7,10,15-16,18H2,1-6H3/b27-25+/t26-/m0/s1. The molecule has 194 valence electrons. The van der Waals surface area contributed by atoms with E-state index in [4.69, 9.17) is 9.47 Å². The second kappa shape index (κ2) is 12.1. The number of carbonyl (C=O) groups is 2. The van der Waals surface area contributed by atoms with Gasteiger partial charge in [-0.2, -0.15) is 0 Å². The van der Waals surface area contributed by atoms with Gasteiger partial charge in [0.25, 0.3) is 11.7 Å². The van der Waals surface area contributed by atoms with E-state index in [1.807, 2.05) is 57.1 Å². The maximum absolute atomic E-state index is 13.3. The largest absolute Gasteiger partial charge is 0.507 e. The number of hydrogen-bond acceptors (Lipinski definition) is 6. The van der Waals surface area contributed by atoms with E-state index in [0.29, 0.717) is 49.0 Å². The van der Waals surface area contributed by atoms with E-state index in [-0.39, 0.29) is 11.3 Å². The topological polar surface area (TPSA) is 79.3 Å². The Hall–Kier alpha value is -3.32. The summed E-state index contributed by atoms with van der Waals surface area (Å²) >= 11 is 0. The second-order valence-corrected chi connectivity index (χ2v) is 9.81. The highest BCUT2D eigenvalue weighted by molar-refractivity contribution is 6.46. The van der Waals surface area contributed by atoms with Crippen LogP contribution < -0.4 is 9.47 Å². The van der Waals surface area contributed by atoms with Crippen LogP contribution >= 0.6 is 0 Å². The molecule has 36 heavy (non-hydrogen) atoms. The third-order valence-corrected chi connectivity index (χ3v) is 6.08. The van der Waals surface area contributed by atoms with Gasteiger partial charge in [-0.05, 0) is 76.7 Å². The zero-order chi connectivity index (χ0) is 26.4. The molecule has 0 saturated carbocycles. The van der Waals surface area contributed by atoms with Crippen LogP contribution in [0.15, 0.2) is 48.0 Å². The van der Waals surface area contributed by atoms with E-state index in [9.17, 15) is 14.7 Å². The molecule has 2 aromatic carbocycles. The van der Waals surface area contributed by atoms with Crippen LogP contribution in [-0.4, -0.2) is 67.0 Å². The number of likely N-dealkylation sites (tertiary alicyclic amines) is 1. The quantitative estimate of drug-likeness (QED) is 0.275. The fraction of sp³-hybridized carbons (Fsp3) is 0.448. The molecular formula is C29H38N2O5. The van der Waals surface area contributed by atoms with Gasteiger partial charge in [-0.1, -0.05) is 32.0 Å². The highest BCUT2D eigenvalue weighted by Crippen LogP contribution is 2.43. The molecule has 1 heterocycles. The molecule has 0 unspecified atom stereocenters. The SMILES string of the molecule is CCOc1ccccc1[C@H]1/C(=C(\O)c2ccc(OCC(C)C)c(C)c2)C(=O)C(=O)N1CCCN(C)C. The van der Waals surface area contributed by atoms with Crippen molar-refractivity contribution in [3.8, 4) is 11.5 Å². The molecule has 7 heteroatoms. The molecule has 1 atom stereocenters. The highest BCUT2D eigenvalue weighted by Gasteiger charge is 2.46. The molecule has 0 bridgehead atoms. The number of rotatable bonds is 11. The summed E-state index contributed by atoms with van der Waals surface area (Å²) in [6.45, 7) is 10.1. The lowest BCUT2D eigenvalue weighted by Crippen LogP contribution is -2.32. The van der Waals surface area contributed by atoms with Gasteiger partial charge in [-0.3, -0.25) is 9.59 Å². The Labute approximate surface area is 214 Å². The molecule has 0 aliphatic carbocycles. The van der Waals surface area contributed by atoms with Crippen LogP contribution in [-0.2, 0) is 9.59 Å². The Morgan fingerprint density at radius 2 is 1.81 bits per heavy atom. The molecule has 0 aromatic heterocycles. The molecule has 0 spiro atoms. The van der Waals surface area contributed by atoms with E-state index in [0.717, 1.165) is 17.9 Å². The zero-order valence-corrected chi connectivity index (χ0v) is 22.2. The normalized spacial score (nSPS) is 17.3. The maximum Gasteiger partial charge on any atom is 0.295 e. The summed E-state index contributed by atoms with van der Waals surface area (Å²) in [5.41, 5.74) is 2.06. The first kappa shape index (κ1) is 27.3. The first-order chi connectivity index (χ1) is 17.1. The van der Waals surface area contributed by atoms with Crippen molar-refractivity contribution in [3.05, 3.63) is 64.7 Å². The fourth-order valence-corrected chi connectivity index (χ4v) is 4.36. The number of para-hydroxylation sites is 1. The van der Waals surface area contributed by atoms with Gasteiger partial charge in [0, 0.05) is 17.7 Å². The molecule has 1 saturated heterocycles. The first-order valence-corrected chi connectivity index (χ1v) is 12.5. The molecule has 1 fully saturated rings. The molecule has 1 N–H and O–H groups in total. The minimum absolute atomic E-state index is 0.0762. The van der Waals surface area contributed by atoms with Crippen LogP contribution in [0.4, 0.5) is 0 Å². The average Bonchev–Trinajstić information content (AvgIpc) is 3.08. The van der Waals surface area contributed by atoms with Crippen LogP contribution in [0.3, 0.4) is 0 Å². The molecular weight excluding hydrogens is 456 g/mol. The summed E-state index contributed by atoms with van der Waals surface area (Å²) in [6.07, 6.45) is 0.689. The predicted molar refractivity (Wildman–Crippen MR) is 141 cm³/mol. The van der Waals surface area contributed by atoms with Crippen LogP contribution in [0, 0.1) is 12.8 Å². The zero-order valence-electron chi connectivity index (χ0n) is 22.2. The van der Waals surface area contributed by atoms with E-state index in [1.165, 1.54) is 0 Å². The van der Waals surface area contributed by atoms with Crippen molar-refractivity contribution in [3.63, 3.8) is 0 Å². The van der Waals surface area contributed by atoms with E-state index in [2.05, 4.69) is 13.8 Å². The van der Waals surface area contributed by atoms with Crippen molar-refractivity contribution in [2.24, 2.45) is 5.92 Å². The smallest absolute Gasteiger partial charge is 0.295 e. The number of ketones is 1. The van der Waals surface area contributed by atoms with Gasteiger partial charge < -0.3 is 24.4 Å². The minimum Gasteiger partial charge on any atom is -0.507 e. The summed E-state index contributed by atoms with van der Waals surface area (Å²) in [5.74, 6) is 0.197. The number of benzene rings is 2. The fourth-order valence-electron chi connectivity index (χ4n) is 4.36. The van der Waals surface area contributed by atoms with Crippen molar-refractivity contribution in [2.45, 2.75) is 40.2 Å². The Bertz CT molecular complexity index is 1120. The number of amides is 1. The summed E-state index contributed by atoms with van der Waals surface area (Å²) in [4.78, 5) is 30.1. The number of aryl methyl sites for hydroxylation is 1. The highest BCUT2D eigenvalue weighted by atomic mass is 16.5. The molecule has 1 aliphatic rings. The van der Waals surface area contributed by atoms with E-state index in [1.54, 1.807) is 23.1 Å². The van der Waals surface area contributed by atoms with Crippen molar-refractivity contribution >= 4 is 17.4 Å². The Balaban J connectivity index is 2.09. The summed E-state index contributed by atoms with van der Waals surface area (Å²) in [5, 5.41) is 11.4. The average molecular weight is 495 g/mol. The maximum atomic E-state index is 13.3. The number of ether oxygens (including phenoxy) is 2. The predicted octanol–water partition coefficient (Wildman–Crippen LogP) is 4.80. The first-order valence-electron chi connectivity index (χ1n) is 12.5. The van der Waals surface area contributed by atoms with Gasteiger partial charge in [0.15, 0.2) is 0 Å². The lowest BCUT2D eigenvalue weighted by molar-refractivity contribution is -0.140. The molecule has 2 aromatic rings. The molecule has 1 aliphatic heterocycles. The van der Waals surface area contributed by atoms with Crippen LogP contribution in [0.5, 0.6) is 11.5 Å². The Morgan fingerprint density at radius 3 is 2.44 bits per heavy atom. The number of Topliss-reactive ketones (excluding diaryl/α,β-unsaturated/α-hetero) is 1. The summed E-state index contributed by atoms with van der Waals surface area (Å²) in [7, 11) is 3.93. The summed E-state index contributed by atoms with van der Waals surface area (Å²) in [6, 6.07) is 11.9. The number of hydrogen-bond donors (Lipinski definition) is 1. The lowest BCUT2D eigenvalue weighted by atomic mass is 9.94. The number of aliphatic hydroxyl groups excluding tert-OH is 1. The van der Waals surface area contributed by atoms with Crippen molar-refractivity contribution in [1.29, 1.82) is 0 Å². The van der Waals surface area contributed by atoms with Gasteiger partial charge >= 0.3 is 0 Å². The van der Waals surface area contributed by atoms with Gasteiger partial charge in [0.1, 0.15) is 17.3 Å². The van der Waals surface area contributed by atoms with E-state index < -0.39 is 17.7 Å². The second-order valence-electron chi connectivity index (χ2n) is 9.81. The van der Waals surface area contributed by atoms with E-state index >= 15 is 0 Å². The number of nitrogens with zero attached hydrogens (tertiary/aromatic N) is 2. The lowest BCUT2D eigenvalue weighted by Gasteiger charge is -2.27. The van der Waals surface area contributed by atoms with Gasteiger partial charge in [-0.15, -0.1) is 0 Å². The Morgan fingerprint density at radius 1 is 1.08 bits per heavy atom. The molecule has 0 radical (unpaired) electrons. The van der Waals surface area contributed by atoms with Crippen LogP contribution in [0.25, 0.3) is 5.76 Å². The van der Waals surface area contributed by atoms with Gasteiger partial charge in [-0.25, -0.2) is 0 Å². The van der Waals surface area contributed by atoms with Crippen molar-refractivity contribution in [2.75, 3.05) is 40.4 Å². The third-order valence-electron chi connectivity index (χ3n) is 6.08. The van der Waals surface area contributed by atoms with Gasteiger partial charge in [0.05, 0.1) is 24.8 Å². The van der Waals surface area contributed by atoms with Crippen LogP contribution in [0.1, 0.15) is 49.9 Å². The number of aliphatic hydroxyl groups is 1. The molecule has 3 rings (SSSR count). The minimum atomic E-state index is -0.743. The monoisotopic (exact) mass is 494 g/mol. The van der Waals surface area contributed by atoms with Gasteiger partial charge in [0.2, 0.25) is 0 Å². The van der Waals surface area contributed by atoms with Crippen molar-refractivity contribution in [1.82, 2.24) is 9.80 Å². The molecule has 1 amide bonds. The number of carbonyl (C=O) groups excluding carboxylic acids is 2. The Kier molecular flexibility index (Phi) is 9.15. The van der Waals surface area contributed by atoms with Crippen molar-refractivity contribution < 1.29 is 24.2 Å². The van der Waals surface area contributed by atoms with Crippen LogP contribution in [0.2, 0.25) is 0 Å². The molecule has 7 nitrogen and oxygen atoms in total. The summed E-state index contributed by atoms with van der Waals surface area (Å²) < 4.78 is 11.7. The third kappa shape index (κ3) is 6.08.